The van der Waals surface area contributed by atoms with Crippen molar-refractivity contribution in [3.05, 3.63) is 59.2 Å². The van der Waals surface area contributed by atoms with Gasteiger partial charge >= 0.3 is 0 Å². The van der Waals surface area contributed by atoms with Crippen molar-refractivity contribution in [2.24, 2.45) is 0 Å². The van der Waals surface area contributed by atoms with Crippen LogP contribution in [0, 0.1) is 0 Å². The normalized spacial score (nSPS) is 15.5. The molecule has 126 valence electrons. The van der Waals surface area contributed by atoms with Crippen molar-refractivity contribution >= 4 is 5.91 Å². The Morgan fingerprint density at radius 2 is 2.08 bits per heavy atom. The molecule has 2 aromatic carbocycles. The molecule has 1 amide bonds. The van der Waals surface area contributed by atoms with E-state index in [1.165, 1.54) is 5.56 Å². The van der Waals surface area contributed by atoms with Crippen LogP contribution in [0.15, 0.2) is 42.5 Å². The van der Waals surface area contributed by atoms with Crippen LogP contribution in [0.5, 0.6) is 11.5 Å². The average Bonchev–Trinajstić information content (AvgIpc) is 2.93. The van der Waals surface area contributed by atoms with Crippen LogP contribution >= 0.6 is 0 Å². The second-order valence-corrected chi connectivity index (χ2v) is 6.07. The highest BCUT2D eigenvalue weighted by Gasteiger charge is 2.22. The number of benzene rings is 2. The summed E-state index contributed by atoms with van der Waals surface area (Å²) >= 11 is 0. The van der Waals surface area contributed by atoms with E-state index in [4.69, 9.17) is 9.47 Å². The Balaban J connectivity index is 1.68. The van der Waals surface area contributed by atoms with Gasteiger partial charge in [0.1, 0.15) is 17.6 Å². The minimum Gasteiger partial charge on any atom is -0.494 e. The third kappa shape index (κ3) is 3.88. The second kappa shape index (κ2) is 7.39. The van der Waals surface area contributed by atoms with Crippen molar-refractivity contribution in [2.45, 2.75) is 39.3 Å². The highest BCUT2D eigenvalue weighted by atomic mass is 16.5. The molecule has 0 aliphatic carbocycles. The molecule has 1 heterocycles. The van der Waals surface area contributed by atoms with Crippen LogP contribution in [0.25, 0.3) is 0 Å². The number of hydrogen-bond donors (Lipinski definition) is 1. The van der Waals surface area contributed by atoms with Gasteiger partial charge < -0.3 is 14.8 Å². The highest BCUT2D eigenvalue weighted by molar-refractivity contribution is 5.78. The van der Waals surface area contributed by atoms with Crippen LogP contribution in [-0.4, -0.2) is 18.6 Å². The highest BCUT2D eigenvalue weighted by Crippen LogP contribution is 2.35. The first kappa shape index (κ1) is 16.4. The van der Waals surface area contributed by atoms with Gasteiger partial charge in [0.05, 0.1) is 13.0 Å². The van der Waals surface area contributed by atoms with Gasteiger partial charge in [-0.1, -0.05) is 30.3 Å². The first-order chi connectivity index (χ1) is 11.7. The van der Waals surface area contributed by atoms with E-state index in [1.807, 2.05) is 49.4 Å². The fourth-order valence-corrected chi connectivity index (χ4v) is 2.95. The van der Waals surface area contributed by atoms with Gasteiger partial charge in [0.25, 0.3) is 0 Å². The van der Waals surface area contributed by atoms with Gasteiger partial charge in [0.15, 0.2) is 0 Å². The predicted molar refractivity (Wildman–Crippen MR) is 93.4 cm³/mol. The smallest absolute Gasteiger partial charge is 0.224 e. The van der Waals surface area contributed by atoms with E-state index in [2.05, 4.69) is 12.2 Å². The molecule has 0 saturated carbocycles. The van der Waals surface area contributed by atoms with Crippen molar-refractivity contribution in [3.8, 4) is 11.5 Å². The number of ether oxygens (including phenoxy) is 2. The zero-order valence-electron chi connectivity index (χ0n) is 14.2. The maximum Gasteiger partial charge on any atom is 0.224 e. The summed E-state index contributed by atoms with van der Waals surface area (Å²) in [6.07, 6.45) is 1.47. The third-order valence-corrected chi connectivity index (χ3v) is 4.06. The number of nitrogens with one attached hydrogen (secondary N) is 1. The van der Waals surface area contributed by atoms with Gasteiger partial charge in [-0.2, -0.15) is 0 Å². The first-order valence-corrected chi connectivity index (χ1v) is 8.41. The molecular formula is C20H23NO3. The van der Waals surface area contributed by atoms with Gasteiger partial charge in [-0.25, -0.2) is 0 Å². The minimum absolute atomic E-state index is 0.00145. The molecule has 2 aromatic rings. The molecule has 0 fully saturated rings. The second-order valence-electron chi connectivity index (χ2n) is 6.07. The quantitative estimate of drug-likeness (QED) is 0.887. The van der Waals surface area contributed by atoms with E-state index in [-0.39, 0.29) is 12.0 Å². The first-order valence-electron chi connectivity index (χ1n) is 8.41. The number of fused-ring (bicyclic) bond motifs is 1. The zero-order valence-corrected chi connectivity index (χ0v) is 14.2. The Bertz CT molecular complexity index is 712. The molecule has 3 rings (SSSR count). The Hall–Kier alpha value is -2.49. The molecule has 0 saturated heterocycles. The molecule has 4 heteroatoms. The van der Waals surface area contributed by atoms with Gasteiger partial charge in [0, 0.05) is 24.1 Å². The van der Waals surface area contributed by atoms with E-state index in [1.54, 1.807) is 0 Å². The lowest BCUT2D eigenvalue weighted by Gasteiger charge is -2.13. The molecule has 24 heavy (non-hydrogen) atoms. The van der Waals surface area contributed by atoms with E-state index in [0.717, 1.165) is 29.0 Å². The van der Waals surface area contributed by atoms with Crippen molar-refractivity contribution in [1.29, 1.82) is 0 Å². The number of carbonyl (C=O) groups is 1. The van der Waals surface area contributed by atoms with Crippen molar-refractivity contribution in [3.63, 3.8) is 0 Å². The molecule has 0 aromatic heterocycles. The fraction of sp³-hybridized carbons (Fsp3) is 0.350. The standard InChI is InChI=1S/C20H23NO3/c1-3-23-18-11-16-9-14(2)24-19(16)12-17(18)13-21-20(22)10-15-7-5-4-6-8-15/h4-8,11-12,14H,3,9-10,13H2,1-2H3,(H,21,22)/t14-/m1/s1. The molecule has 1 aliphatic heterocycles. The molecule has 0 radical (unpaired) electrons. The molecule has 1 atom stereocenters. The van der Waals surface area contributed by atoms with Crippen LogP contribution in [-0.2, 0) is 24.2 Å². The number of carbonyl (C=O) groups excluding carboxylic acids is 1. The molecule has 0 unspecified atom stereocenters. The van der Waals surface area contributed by atoms with E-state index >= 15 is 0 Å². The maximum atomic E-state index is 12.2. The summed E-state index contributed by atoms with van der Waals surface area (Å²) in [4.78, 5) is 12.2. The van der Waals surface area contributed by atoms with Crippen LogP contribution < -0.4 is 14.8 Å². The monoisotopic (exact) mass is 325 g/mol. The number of hydrogen-bond acceptors (Lipinski definition) is 3. The van der Waals surface area contributed by atoms with E-state index in [9.17, 15) is 4.79 Å². The van der Waals surface area contributed by atoms with Crippen LogP contribution in [0.3, 0.4) is 0 Å². The molecule has 4 nitrogen and oxygen atoms in total. The molecular weight excluding hydrogens is 302 g/mol. The lowest BCUT2D eigenvalue weighted by atomic mass is 10.1. The third-order valence-electron chi connectivity index (χ3n) is 4.06. The summed E-state index contributed by atoms with van der Waals surface area (Å²) in [6.45, 7) is 5.05. The Morgan fingerprint density at radius 1 is 1.29 bits per heavy atom. The van der Waals surface area contributed by atoms with Gasteiger partial charge in [-0.15, -0.1) is 0 Å². The van der Waals surface area contributed by atoms with Gasteiger partial charge in [0.2, 0.25) is 5.91 Å². The maximum absolute atomic E-state index is 12.2. The summed E-state index contributed by atoms with van der Waals surface area (Å²) in [7, 11) is 0. The lowest BCUT2D eigenvalue weighted by molar-refractivity contribution is -0.120. The van der Waals surface area contributed by atoms with Crippen LogP contribution in [0.2, 0.25) is 0 Å². The molecule has 0 spiro atoms. The minimum atomic E-state index is -0.00145. The topological polar surface area (TPSA) is 47.6 Å². The zero-order chi connectivity index (χ0) is 16.9. The number of rotatable bonds is 6. The average molecular weight is 325 g/mol. The van der Waals surface area contributed by atoms with Crippen molar-refractivity contribution in [2.75, 3.05) is 6.61 Å². The summed E-state index contributed by atoms with van der Waals surface area (Å²) in [5.74, 6) is 1.73. The SMILES string of the molecule is CCOc1cc2c(cc1CNC(=O)Cc1ccccc1)O[C@H](C)C2. The molecule has 1 N–H and O–H groups in total. The summed E-state index contributed by atoms with van der Waals surface area (Å²) in [5, 5.41) is 2.97. The van der Waals surface area contributed by atoms with E-state index in [0.29, 0.717) is 19.6 Å². The van der Waals surface area contributed by atoms with Crippen LogP contribution in [0.4, 0.5) is 0 Å². The Labute approximate surface area is 142 Å². The predicted octanol–water partition coefficient (Wildman–Crippen LogP) is 3.27. The molecule has 0 bridgehead atoms. The Kier molecular flexibility index (Phi) is 5.04. The Morgan fingerprint density at radius 3 is 2.83 bits per heavy atom. The van der Waals surface area contributed by atoms with Gasteiger partial charge in [-0.3, -0.25) is 4.79 Å². The van der Waals surface area contributed by atoms with Crippen molar-refractivity contribution in [1.82, 2.24) is 5.32 Å². The lowest BCUT2D eigenvalue weighted by Crippen LogP contribution is -2.24. The molecule has 1 aliphatic rings. The fourth-order valence-electron chi connectivity index (χ4n) is 2.95. The number of amides is 1. The van der Waals surface area contributed by atoms with Crippen molar-refractivity contribution < 1.29 is 14.3 Å². The summed E-state index contributed by atoms with van der Waals surface area (Å²) in [6, 6.07) is 13.8. The van der Waals surface area contributed by atoms with Crippen LogP contribution in [0.1, 0.15) is 30.5 Å². The summed E-state index contributed by atoms with van der Waals surface area (Å²) in [5.41, 5.74) is 3.13. The van der Waals surface area contributed by atoms with E-state index < -0.39 is 0 Å². The van der Waals surface area contributed by atoms with Gasteiger partial charge in [-0.05, 0) is 31.5 Å². The largest absolute Gasteiger partial charge is 0.494 e. The summed E-state index contributed by atoms with van der Waals surface area (Å²) < 4.78 is 11.6.